The van der Waals surface area contributed by atoms with Gasteiger partial charge in [-0.1, -0.05) is 25.5 Å². The lowest BCUT2D eigenvalue weighted by molar-refractivity contribution is -0.136. The van der Waals surface area contributed by atoms with Gasteiger partial charge in [-0.25, -0.2) is 0 Å². The lowest BCUT2D eigenvalue weighted by Crippen LogP contribution is -2.03. The van der Waals surface area contributed by atoms with Crippen molar-refractivity contribution in [3.8, 4) is 11.5 Å². The third-order valence-corrected chi connectivity index (χ3v) is 2.63. The Morgan fingerprint density at radius 2 is 2.17 bits per heavy atom. The van der Waals surface area contributed by atoms with E-state index in [0.29, 0.717) is 24.5 Å². The predicted octanol–water partition coefficient (Wildman–Crippen LogP) is 2.89. The first-order chi connectivity index (χ1) is 8.69. The summed E-state index contributed by atoms with van der Waals surface area (Å²) in [7, 11) is 1.58. The van der Waals surface area contributed by atoms with E-state index < -0.39 is 5.97 Å². The number of hydrogen-bond donors (Lipinski definition) is 1. The minimum absolute atomic E-state index is 0.0920. The molecule has 1 N–H and O–H groups in total. The Morgan fingerprint density at radius 1 is 1.39 bits per heavy atom. The maximum atomic E-state index is 10.6. The van der Waals surface area contributed by atoms with Crippen molar-refractivity contribution in [3.05, 3.63) is 23.8 Å². The van der Waals surface area contributed by atoms with E-state index in [-0.39, 0.29) is 6.42 Å². The molecule has 100 valence electrons. The van der Waals surface area contributed by atoms with Gasteiger partial charge in [0, 0.05) is 6.42 Å². The zero-order chi connectivity index (χ0) is 13.4. The number of unbranched alkanes of at least 4 members (excludes halogenated alkanes) is 1. The summed E-state index contributed by atoms with van der Waals surface area (Å²) in [6, 6.07) is 5.58. The van der Waals surface area contributed by atoms with Crippen molar-refractivity contribution >= 4 is 5.97 Å². The summed E-state index contributed by atoms with van der Waals surface area (Å²) in [6.45, 7) is 2.75. The fourth-order valence-electron chi connectivity index (χ4n) is 1.67. The maximum Gasteiger partial charge on any atom is 0.303 e. The molecule has 0 fully saturated rings. The molecule has 0 unspecified atom stereocenters. The Labute approximate surface area is 108 Å². The average Bonchev–Trinajstić information content (AvgIpc) is 2.36. The number of ether oxygens (including phenoxy) is 2. The lowest BCUT2D eigenvalue weighted by atomic mass is 10.1. The highest BCUT2D eigenvalue weighted by atomic mass is 16.5. The molecule has 0 aromatic heterocycles. The van der Waals surface area contributed by atoms with E-state index in [1.807, 2.05) is 18.2 Å². The second kappa shape index (κ2) is 7.58. The molecule has 0 aliphatic carbocycles. The van der Waals surface area contributed by atoms with E-state index >= 15 is 0 Å². The van der Waals surface area contributed by atoms with Crippen LogP contribution in [0.3, 0.4) is 0 Å². The van der Waals surface area contributed by atoms with E-state index in [1.54, 1.807) is 7.11 Å². The molecule has 0 aliphatic rings. The third-order valence-electron chi connectivity index (χ3n) is 2.63. The second-order valence-electron chi connectivity index (χ2n) is 4.04. The Morgan fingerprint density at radius 3 is 2.78 bits per heavy atom. The quantitative estimate of drug-likeness (QED) is 0.723. The normalized spacial score (nSPS) is 10.1. The van der Waals surface area contributed by atoms with Crippen molar-refractivity contribution in [2.24, 2.45) is 0 Å². The fourth-order valence-corrected chi connectivity index (χ4v) is 1.67. The van der Waals surface area contributed by atoms with Crippen LogP contribution in [0.25, 0.3) is 0 Å². The van der Waals surface area contributed by atoms with E-state index in [4.69, 9.17) is 14.6 Å². The molecule has 0 bridgehead atoms. The van der Waals surface area contributed by atoms with E-state index in [0.717, 1.165) is 18.4 Å². The first-order valence-electron chi connectivity index (χ1n) is 6.19. The highest BCUT2D eigenvalue weighted by Crippen LogP contribution is 2.31. The van der Waals surface area contributed by atoms with E-state index in [9.17, 15) is 4.79 Å². The topological polar surface area (TPSA) is 55.8 Å². The summed E-state index contributed by atoms with van der Waals surface area (Å²) in [6.07, 6.45) is 2.60. The van der Waals surface area contributed by atoms with Gasteiger partial charge in [0.25, 0.3) is 0 Å². The molecular formula is C14H20O4. The zero-order valence-electron chi connectivity index (χ0n) is 10.9. The molecule has 0 heterocycles. The molecule has 4 nitrogen and oxygen atoms in total. The Bertz CT molecular complexity index is 387. The van der Waals surface area contributed by atoms with Crippen molar-refractivity contribution in [2.75, 3.05) is 13.7 Å². The number of carboxylic acids is 1. The largest absolute Gasteiger partial charge is 0.493 e. The Kier molecular flexibility index (Phi) is 6.05. The first kappa shape index (κ1) is 14.4. The van der Waals surface area contributed by atoms with Crippen LogP contribution in [0, 0.1) is 0 Å². The molecule has 1 aromatic rings. The monoisotopic (exact) mass is 252 g/mol. The number of rotatable bonds is 8. The van der Waals surface area contributed by atoms with Crippen LogP contribution >= 0.6 is 0 Å². The molecule has 1 rings (SSSR count). The standard InChI is InChI=1S/C14H20O4/c1-3-4-10-18-12-7-5-6-11(14(12)17-2)8-9-13(15)16/h5-7H,3-4,8-10H2,1-2H3,(H,15,16). The smallest absolute Gasteiger partial charge is 0.303 e. The highest BCUT2D eigenvalue weighted by Gasteiger charge is 2.11. The van der Waals surface area contributed by atoms with E-state index in [1.165, 1.54) is 0 Å². The van der Waals surface area contributed by atoms with Gasteiger partial charge in [-0.2, -0.15) is 0 Å². The van der Waals surface area contributed by atoms with Crippen LogP contribution in [0.1, 0.15) is 31.7 Å². The van der Waals surface area contributed by atoms with Gasteiger partial charge in [0.1, 0.15) is 0 Å². The van der Waals surface area contributed by atoms with Crippen LogP contribution in [0.4, 0.5) is 0 Å². The summed E-state index contributed by atoms with van der Waals surface area (Å²) in [4.78, 5) is 10.6. The summed E-state index contributed by atoms with van der Waals surface area (Å²) in [5.74, 6) is 0.526. The molecule has 0 radical (unpaired) electrons. The molecular weight excluding hydrogens is 232 g/mol. The van der Waals surface area contributed by atoms with Gasteiger partial charge in [0.05, 0.1) is 13.7 Å². The number of aliphatic carboxylic acids is 1. The van der Waals surface area contributed by atoms with Gasteiger partial charge in [-0.15, -0.1) is 0 Å². The number of aryl methyl sites for hydroxylation is 1. The van der Waals surface area contributed by atoms with Gasteiger partial charge in [0.2, 0.25) is 0 Å². The number of carbonyl (C=O) groups is 1. The zero-order valence-corrected chi connectivity index (χ0v) is 10.9. The highest BCUT2D eigenvalue weighted by molar-refractivity contribution is 5.67. The molecule has 4 heteroatoms. The summed E-state index contributed by atoms with van der Waals surface area (Å²) >= 11 is 0. The van der Waals surface area contributed by atoms with Crippen molar-refractivity contribution in [1.82, 2.24) is 0 Å². The fraction of sp³-hybridized carbons (Fsp3) is 0.500. The minimum Gasteiger partial charge on any atom is -0.493 e. The predicted molar refractivity (Wildman–Crippen MR) is 69.4 cm³/mol. The molecule has 1 aromatic carbocycles. The van der Waals surface area contributed by atoms with Gasteiger partial charge in [-0.05, 0) is 24.5 Å². The second-order valence-corrected chi connectivity index (χ2v) is 4.04. The SMILES string of the molecule is CCCCOc1cccc(CCC(=O)O)c1OC. The van der Waals surface area contributed by atoms with Crippen LogP contribution in [-0.2, 0) is 11.2 Å². The lowest BCUT2D eigenvalue weighted by Gasteiger charge is -2.13. The number of para-hydroxylation sites is 1. The van der Waals surface area contributed by atoms with E-state index in [2.05, 4.69) is 6.92 Å². The van der Waals surface area contributed by atoms with Crippen LogP contribution < -0.4 is 9.47 Å². The number of methoxy groups -OCH3 is 1. The van der Waals surface area contributed by atoms with Crippen molar-refractivity contribution in [3.63, 3.8) is 0 Å². The van der Waals surface area contributed by atoms with Crippen molar-refractivity contribution in [1.29, 1.82) is 0 Å². The van der Waals surface area contributed by atoms with Crippen molar-refractivity contribution < 1.29 is 19.4 Å². The van der Waals surface area contributed by atoms with Gasteiger partial charge in [-0.3, -0.25) is 4.79 Å². The number of benzene rings is 1. The van der Waals surface area contributed by atoms with Gasteiger partial charge in [0.15, 0.2) is 11.5 Å². The molecule has 18 heavy (non-hydrogen) atoms. The summed E-state index contributed by atoms with van der Waals surface area (Å²) in [5, 5.41) is 8.71. The average molecular weight is 252 g/mol. The molecule has 0 aliphatic heterocycles. The van der Waals surface area contributed by atoms with Crippen LogP contribution in [0.5, 0.6) is 11.5 Å². The molecule has 0 atom stereocenters. The number of hydrogen-bond acceptors (Lipinski definition) is 3. The minimum atomic E-state index is -0.811. The summed E-state index contributed by atoms with van der Waals surface area (Å²) in [5.41, 5.74) is 0.869. The summed E-state index contributed by atoms with van der Waals surface area (Å²) < 4.78 is 11.0. The Balaban J connectivity index is 2.77. The molecule has 0 saturated carbocycles. The van der Waals surface area contributed by atoms with Crippen LogP contribution in [0.15, 0.2) is 18.2 Å². The number of carboxylic acid groups (broad SMARTS) is 1. The van der Waals surface area contributed by atoms with Crippen LogP contribution in [0.2, 0.25) is 0 Å². The molecule has 0 saturated heterocycles. The maximum absolute atomic E-state index is 10.6. The van der Waals surface area contributed by atoms with Crippen LogP contribution in [-0.4, -0.2) is 24.8 Å². The van der Waals surface area contributed by atoms with Gasteiger partial charge < -0.3 is 14.6 Å². The third kappa shape index (κ3) is 4.28. The molecule has 0 amide bonds. The van der Waals surface area contributed by atoms with Crippen molar-refractivity contribution in [2.45, 2.75) is 32.6 Å². The van der Waals surface area contributed by atoms with Gasteiger partial charge >= 0.3 is 5.97 Å². The molecule has 0 spiro atoms. The first-order valence-corrected chi connectivity index (χ1v) is 6.19. The Hall–Kier alpha value is -1.71.